The van der Waals surface area contributed by atoms with Gasteiger partial charge in [-0.1, -0.05) is 62.2 Å². The third-order valence-electron chi connectivity index (χ3n) is 7.97. The van der Waals surface area contributed by atoms with Crippen LogP contribution >= 0.6 is 23.2 Å². The lowest BCUT2D eigenvalue weighted by molar-refractivity contribution is 0.0858. The first-order valence-corrected chi connectivity index (χ1v) is 14.8. The first-order chi connectivity index (χ1) is 20.8. The van der Waals surface area contributed by atoms with Gasteiger partial charge in [0.25, 0.3) is 0 Å². The van der Waals surface area contributed by atoms with Crippen molar-refractivity contribution in [1.29, 1.82) is 5.26 Å². The molecule has 2 heterocycles. The highest BCUT2D eigenvalue weighted by Crippen LogP contribution is 2.53. The van der Waals surface area contributed by atoms with E-state index < -0.39 is 35.5 Å². The Morgan fingerprint density at radius 3 is 2.52 bits per heavy atom. The summed E-state index contributed by atoms with van der Waals surface area (Å²) < 4.78 is 23.4. The fraction of sp³-hybridized carbons (Fsp3) is 0.344. The van der Waals surface area contributed by atoms with Crippen molar-refractivity contribution >= 4 is 35.0 Å². The van der Waals surface area contributed by atoms with Crippen molar-refractivity contribution in [1.82, 2.24) is 25.5 Å². The standard InChI is InChI=1S/C32H32Cl2FN7O2/c1-18-22(7-6-8-24(18)34)27-29(44-30(43)37-21-12-9-19(10-13-21)28-39-40-41-42(28)5)38-26(16-31(2,3)4)32(27,17-36)23-14-11-20(33)15-25(23)35/h6-15,26-27,29,38H,16H2,1-5H3,(H,37,43)/t26-,27-,29+,32-/m0/s1. The van der Waals surface area contributed by atoms with Crippen LogP contribution in [0.5, 0.6) is 0 Å². The third kappa shape index (κ3) is 6.00. The number of rotatable bonds is 6. The predicted octanol–water partition coefficient (Wildman–Crippen LogP) is 7.16. The molecular formula is C32H32Cl2FN7O2. The van der Waals surface area contributed by atoms with Crippen LogP contribution in [0.15, 0.2) is 60.7 Å². The monoisotopic (exact) mass is 635 g/mol. The van der Waals surface area contributed by atoms with Crippen LogP contribution in [-0.4, -0.2) is 38.6 Å². The van der Waals surface area contributed by atoms with Crippen LogP contribution in [0.1, 0.15) is 49.8 Å². The minimum atomic E-state index is -1.49. The Bertz CT molecular complexity index is 1730. The van der Waals surface area contributed by atoms with Gasteiger partial charge in [0.05, 0.1) is 12.0 Å². The minimum Gasteiger partial charge on any atom is -0.429 e. The summed E-state index contributed by atoms with van der Waals surface area (Å²) in [5.41, 5.74) is 1.01. The quantitative estimate of drug-likeness (QED) is 0.231. The molecule has 0 saturated carbocycles. The zero-order valence-corrected chi connectivity index (χ0v) is 26.4. The fourth-order valence-corrected chi connectivity index (χ4v) is 6.35. The molecule has 1 fully saturated rings. The molecule has 3 aromatic carbocycles. The van der Waals surface area contributed by atoms with Gasteiger partial charge in [-0.25, -0.2) is 13.9 Å². The van der Waals surface area contributed by atoms with Gasteiger partial charge in [-0.3, -0.25) is 10.6 Å². The Kier molecular flexibility index (Phi) is 8.67. The van der Waals surface area contributed by atoms with Crippen LogP contribution in [0.4, 0.5) is 14.9 Å². The molecular weight excluding hydrogens is 604 g/mol. The maximum Gasteiger partial charge on any atom is 0.413 e. The number of amides is 1. The normalized spacial score (nSPS) is 21.6. The van der Waals surface area contributed by atoms with Gasteiger partial charge in [0, 0.05) is 39.9 Å². The van der Waals surface area contributed by atoms with E-state index in [4.69, 9.17) is 27.9 Å². The number of carbonyl (C=O) groups excluding carboxylic acids is 1. The Labute approximate surface area is 265 Å². The minimum absolute atomic E-state index is 0.163. The molecule has 1 aliphatic rings. The Morgan fingerprint density at radius 1 is 1.18 bits per heavy atom. The highest BCUT2D eigenvalue weighted by molar-refractivity contribution is 6.31. The molecule has 4 aromatic rings. The Morgan fingerprint density at radius 2 is 1.91 bits per heavy atom. The predicted molar refractivity (Wildman–Crippen MR) is 167 cm³/mol. The summed E-state index contributed by atoms with van der Waals surface area (Å²) in [5.74, 6) is -0.875. The molecule has 0 aliphatic carbocycles. The third-order valence-corrected chi connectivity index (χ3v) is 8.62. The van der Waals surface area contributed by atoms with Gasteiger partial charge in [0.1, 0.15) is 11.2 Å². The van der Waals surface area contributed by atoms with Crippen molar-refractivity contribution in [2.75, 3.05) is 5.32 Å². The van der Waals surface area contributed by atoms with Crippen molar-refractivity contribution in [3.8, 4) is 17.5 Å². The number of hydrogen-bond donors (Lipinski definition) is 2. The largest absolute Gasteiger partial charge is 0.429 e. The first-order valence-electron chi connectivity index (χ1n) is 14.0. The molecule has 9 nitrogen and oxygen atoms in total. The van der Waals surface area contributed by atoms with E-state index in [9.17, 15) is 10.1 Å². The van der Waals surface area contributed by atoms with E-state index in [1.54, 1.807) is 60.3 Å². The topological polar surface area (TPSA) is 118 Å². The molecule has 0 unspecified atom stereocenters. The fourth-order valence-electron chi connectivity index (χ4n) is 6.01. The highest BCUT2D eigenvalue weighted by atomic mass is 35.5. The number of anilines is 1. The number of nitrogens with zero attached hydrogens (tertiary/aromatic N) is 5. The van der Waals surface area contributed by atoms with Crippen molar-refractivity contribution in [3.63, 3.8) is 0 Å². The number of carbonyl (C=O) groups is 1. The SMILES string of the molecule is Cc1c(Cl)cccc1[C@H]1[C@@H](OC(=O)Nc2ccc(-c3nnnn3C)cc2)N[C@@H](CC(C)(C)C)[C@]1(C#N)c1ccc(Cl)cc1F. The molecule has 0 radical (unpaired) electrons. The summed E-state index contributed by atoms with van der Waals surface area (Å²) >= 11 is 12.7. The lowest BCUT2D eigenvalue weighted by atomic mass is 9.63. The van der Waals surface area contributed by atoms with E-state index in [0.717, 1.165) is 5.56 Å². The second-order valence-corrected chi connectivity index (χ2v) is 13.0. The lowest BCUT2D eigenvalue weighted by Crippen LogP contribution is -2.44. The summed E-state index contributed by atoms with van der Waals surface area (Å²) in [6, 6.07) is 18.5. The summed E-state index contributed by atoms with van der Waals surface area (Å²) in [4.78, 5) is 13.4. The second kappa shape index (κ2) is 12.2. The van der Waals surface area contributed by atoms with Gasteiger partial charge < -0.3 is 4.74 Å². The van der Waals surface area contributed by atoms with E-state index in [1.165, 1.54) is 6.07 Å². The van der Waals surface area contributed by atoms with Crippen molar-refractivity contribution < 1.29 is 13.9 Å². The molecule has 2 N–H and O–H groups in total. The van der Waals surface area contributed by atoms with Crippen LogP contribution in [0.3, 0.4) is 0 Å². The maximum atomic E-state index is 15.8. The molecule has 0 spiro atoms. The van der Waals surface area contributed by atoms with Crippen LogP contribution in [-0.2, 0) is 17.2 Å². The van der Waals surface area contributed by atoms with Crippen LogP contribution in [0.25, 0.3) is 11.4 Å². The lowest BCUT2D eigenvalue weighted by Gasteiger charge is -2.37. The summed E-state index contributed by atoms with van der Waals surface area (Å²) in [6.45, 7) is 7.95. The molecule has 0 bridgehead atoms. The van der Waals surface area contributed by atoms with Gasteiger partial charge in [0.15, 0.2) is 12.1 Å². The van der Waals surface area contributed by atoms with Crippen molar-refractivity contribution in [3.05, 3.63) is 93.2 Å². The van der Waals surface area contributed by atoms with Crippen LogP contribution < -0.4 is 10.6 Å². The van der Waals surface area contributed by atoms with Gasteiger partial charge in [-0.2, -0.15) is 5.26 Å². The van der Waals surface area contributed by atoms with E-state index in [0.29, 0.717) is 34.1 Å². The molecule has 4 atom stereocenters. The van der Waals surface area contributed by atoms with E-state index in [-0.39, 0.29) is 16.0 Å². The molecule has 1 aliphatic heterocycles. The Balaban J connectivity index is 1.55. The number of nitriles is 1. The summed E-state index contributed by atoms with van der Waals surface area (Å²) in [6.07, 6.45) is -1.29. The first kappa shape index (κ1) is 31.4. The molecule has 1 aromatic heterocycles. The van der Waals surface area contributed by atoms with E-state index in [2.05, 4.69) is 32.2 Å². The Hall–Kier alpha value is -4.04. The number of aryl methyl sites for hydroxylation is 1. The van der Waals surface area contributed by atoms with Crippen molar-refractivity contribution in [2.24, 2.45) is 12.5 Å². The average Bonchev–Trinajstić information content (AvgIpc) is 3.50. The maximum absolute atomic E-state index is 15.8. The number of tetrazole rings is 1. The number of nitrogens with one attached hydrogen (secondary N) is 2. The number of hydrogen-bond acceptors (Lipinski definition) is 7. The van der Waals surface area contributed by atoms with E-state index in [1.807, 2.05) is 33.8 Å². The van der Waals surface area contributed by atoms with Gasteiger partial charge >= 0.3 is 6.09 Å². The molecule has 44 heavy (non-hydrogen) atoms. The van der Waals surface area contributed by atoms with Gasteiger partial charge in [-0.15, -0.1) is 5.10 Å². The summed E-state index contributed by atoms with van der Waals surface area (Å²) in [7, 11) is 1.73. The zero-order valence-electron chi connectivity index (χ0n) is 24.9. The number of halogens is 3. The number of benzene rings is 3. The highest BCUT2D eigenvalue weighted by Gasteiger charge is 2.60. The van der Waals surface area contributed by atoms with Gasteiger partial charge in [-0.05, 0) is 82.8 Å². The smallest absolute Gasteiger partial charge is 0.413 e. The molecule has 5 rings (SSSR count). The molecule has 12 heteroatoms. The second-order valence-electron chi connectivity index (χ2n) is 12.2. The molecule has 228 valence electrons. The van der Waals surface area contributed by atoms with Crippen LogP contribution in [0.2, 0.25) is 10.0 Å². The molecule has 1 saturated heterocycles. The average molecular weight is 637 g/mol. The van der Waals surface area contributed by atoms with E-state index >= 15 is 4.39 Å². The number of ether oxygens (including phenoxy) is 1. The van der Waals surface area contributed by atoms with Crippen molar-refractivity contribution in [2.45, 2.75) is 57.7 Å². The van der Waals surface area contributed by atoms with Gasteiger partial charge in [0.2, 0.25) is 0 Å². The van der Waals surface area contributed by atoms with Crippen LogP contribution in [0, 0.1) is 29.5 Å². The number of aromatic nitrogens is 4. The molecule has 1 amide bonds. The summed E-state index contributed by atoms with van der Waals surface area (Å²) in [5, 5.41) is 29.4. The zero-order chi connectivity index (χ0) is 31.8.